The van der Waals surface area contributed by atoms with E-state index in [1.807, 2.05) is 0 Å². The molecule has 0 fully saturated rings. The van der Waals surface area contributed by atoms with Crippen LogP contribution in [0.3, 0.4) is 0 Å². The van der Waals surface area contributed by atoms with E-state index in [1.165, 1.54) is 15.9 Å². The Morgan fingerprint density at radius 1 is 0.500 bits per heavy atom. The molecular formula is C18H18PSe+. The Hall–Kier alpha value is -1.39. The van der Waals surface area contributed by atoms with E-state index in [2.05, 4.69) is 107 Å². The van der Waals surface area contributed by atoms with Crippen molar-refractivity contribution in [3.05, 3.63) is 91.0 Å². The zero-order valence-corrected chi connectivity index (χ0v) is 14.0. The molecule has 0 aliphatic heterocycles. The Balaban J connectivity index is 0.00000161. The van der Waals surface area contributed by atoms with Crippen LogP contribution in [0.5, 0.6) is 0 Å². The van der Waals surface area contributed by atoms with Crippen molar-refractivity contribution in [3.8, 4) is 0 Å². The fraction of sp³-hybridized carbons (Fsp3) is 0. The van der Waals surface area contributed by atoms with Gasteiger partial charge in [-0.1, -0.05) is 0 Å². The molecule has 0 heterocycles. The van der Waals surface area contributed by atoms with Crippen molar-refractivity contribution in [1.29, 1.82) is 0 Å². The second-order valence-corrected chi connectivity index (χ2v) is 12.2. The van der Waals surface area contributed by atoms with Gasteiger partial charge in [-0.05, 0) is 0 Å². The first-order chi connectivity index (χ1) is 9.82. The van der Waals surface area contributed by atoms with Crippen molar-refractivity contribution in [3.63, 3.8) is 0 Å². The van der Waals surface area contributed by atoms with Crippen LogP contribution in [-0.2, 0) is 0 Å². The second kappa shape index (κ2) is 5.94. The van der Waals surface area contributed by atoms with Gasteiger partial charge >= 0.3 is 130 Å². The van der Waals surface area contributed by atoms with Gasteiger partial charge in [-0.25, -0.2) is 0 Å². The molecule has 0 spiro atoms. The van der Waals surface area contributed by atoms with E-state index in [9.17, 15) is 0 Å². The molecule has 0 unspecified atom stereocenters. The topological polar surface area (TPSA) is 0 Å². The number of hydrogen-bond donors (Lipinski definition) is 0. The van der Waals surface area contributed by atoms with Crippen LogP contribution >= 0.6 is 5.95 Å². The molecule has 0 aliphatic carbocycles. The monoisotopic (exact) mass is 345 g/mol. The minimum absolute atomic E-state index is 0. The van der Waals surface area contributed by atoms with Gasteiger partial charge in [0.25, 0.3) is 0 Å². The van der Waals surface area contributed by atoms with Crippen LogP contribution < -0.4 is 15.9 Å². The maximum atomic E-state index is 3.01. The Morgan fingerprint density at radius 2 is 0.750 bits per heavy atom. The van der Waals surface area contributed by atoms with Gasteiger partial charge in [0.15, 0.2) is 0 Å². The fourth-order valence-corrected chi connectivity index (χ4v) is 8.38. The van der Waals surface area contributed by atoms with Crippen molar-refractivity contribution in [2.24, 2.45) is 0 Å². The van der Waals surface area contributed by atoms with Crippen LogP contribution in [0.2, 0.25) is 0 Å². The van der Waals surface area contributed by atoms with Crippen LogP contribution in [-0.4, -0.2) is 15.6 Å². The van der Waals surface area contributed by atoms with Crippen LogP contribution in [0.25, 0.3) is 0 Å². The number of benzene rings is 3. The summed E-state index contributed by atoms with van der Waals surface area (Å²) in [5.74, 6) is -1.94. The first-order valence-corrected chi connectivity index (χ1v) is 11.5. The van der Waals surface area contributed by atoms with E-state index >= 15 is 0 Å². The standard InChI is InChI=1S/C18H17PSe/c20-19(16-10-4-1-5-11-16,17-12-6-2-7-13-17)18-14-8-3-9-15-18/h1-15,19-20H/p+1. The van der Waals surface area contributed by atoms with E-state index in [0.29, 0.717) is 0 Å². The van der Waals surface area contributed by atoms with Gasteiger partial charge in [0.1, 0.15) is 0 Å². The molecule has 20 heavy (non-hydrogen) atoms. The minimum atomic E-state index is -1.94. The normalized spacial score (nSPS) is 12.1. The molecule has 3 rings (SSSR count). The van der Waals surface area contributed by atoms with E-state index in [4.69, 9.17) is 0 Å². The fourth-order valence-electron chi connectivity index (χ4n) is 2.54. The van der Waals surface area contributed by atoms with Crippen molar-refractivity contribution in [1.82, 2.24) is 0 Å². The van der Waals surface area contributed by atoms with Crippen LogP contribution in [0.15, 0.2) is 91.0 Å². The summed E-state index contributed by atoms with van der Waals surface area (Å²) in [7, 11) is 0. The summed E-state index contributed by atoms with van der Waals surface area (Å²) >= 11 is 3.01. The summed E-state index contributed by atoms with van der Waals surface area (Å²) in [4.78, 5) is 0. The van der Waals surface area contributed by atoms with Crippen molar-refractivity contribution >= 4 is 37.4 Å². The molecule has 0 saturated heterocycles. The first kappa shape index (κ1) is 13.6. The average molecular weight is 344 g/mol. The van der Waals surface area contributed by atoms with E-state index in [0.717, 1.165) is 0 Å². The van der Waals surface area contributed by atoms with Gasteiger partial charge in [0.2, 0.25) is 0 Å². The van der Waals surface area contributed by atoms with Crippen LogP contribution in [0, 0.1) is 0 Å². The van der Waals surface area contributed by atoms with Crippen molar-refractivity contribution in [2.45, 2.75) is 0 Å². The second-order valence-electron chi connectivity index (χ2n) is 4.81. The predicted octanol–water partition coefficient (Wildman–Crippen LogP) is 2.64. The summed E-state index contributed by atoms with van der Waals surface area (Å²) in [6.45, 7) is 0. The van der Waals surface area contributed by atoms with Gasteiger partial charge in [-0.15, -0.1) is 0 Å². The van der Waals surface area contributed by atoms with E-state index in [-0.39, 0.29) is 1.43 Å². The van der Waals surface area contributed by atoms with Crippen LogP contribution in [0.4, 0.5) is 0 Å². The molecular weight excluding hydrogens is 326 g/mol. The van der Waals surface area contributed by atoms with Gasteiger partial charge in [0.05, 0.1) is 0 Å². The van der Waals surface area contributed by atoms with Crippen molar-refractivity contribution in [2.75, 3.05) is 0 Å². The molecule has 0 nitrogen and oxygen atoms in total. The summed E-state index contributed by atoms with van der Waals surface area (Å²) < 4.78 is 0. The molecule has 0 saturated carbocycles. The number of hydrogen-bond acceptors (Lipinski definition) is 0. The Morgan fingerprint density at radius 3 is 1.00 bits per heavy atom. The van der Waals surface area contributed by atoms with Crippen molar-refractivity contribution < 1.29 is 1.43 Å². The number of rotatable bonds is 3. The molecule has 0 bridgehead atoms. The van der Waals surface area contributed by atoms with Crippen LogP contribution in [0.1, 0.15) is 1.43 Å². The molecule has 0 radical (unpaired) electrons. The molecule has 2 heteroatoms. The Labute approximate surface area is 130 Å². The third-order valence-electron chi connectivity index (χ3n) is 3.57. The van der Waals surface area contributed by atoms with Gasteiger partial charge in [-0.3, -0.25) is 0 Å². The molecule has 3 aromatic rings. The molecule has 0 aromatic heterocycles. The SMILES string of the molecule is [H+].[SeH][PH](c1ccccc1)(c1ccccc1)c1ccccc1. The summed E-state index contributed by atoms with van der Waals surface area (Å²) in [5, 5.41) is 4.28. The summed E-state index contributed by atoms with van der Waals surface area (Å²) in [6.07, 6.45) is 0. The Kier molecular flexibility index (Phi) is 4.03. The molecule has 0 aliphatic rings. The maximum absolute atomic E-state index is 3.01. The molecule has 100 valence electrons. The first-order valence-electron chi connectivity index (χ1n) is 6.71. The third kappa shape index (κ3) is 2.45. The predicted molar refractivity (Wildman–Crippen MR) is 94.8 cm³/mol. The molecule has 3 aromatic carbocycles. The zero-order valence-electron chi connectivity index (χ0n) is 12.1. The van der Waals surface area contributed by atoms with Gasteiger partial charge in [-0.2, -0.15) is 0 Å². The van der Waals surface area contributed by atoms with Gasteiger partial charge < -0.3 is 0 Å². The quantitative estimate of drug-likeness (QED) is 0.506. The average Bonchev–Trinajstić information content (AvgIpc) is 2.56. The molecule has 0 atom stereocenters. The van der Waals surface area contributed by atoms with E-state index < -0.39 is 5.95 Å². The summed E-state index contributed by atoms with van der Waals surface area (Å²) in [5.41, 5.74) is 0. The summed E-state index contributed by atoms with van der Waals surface area (Å²) in [6, 6.07) is 32.6. The third-order valence-corrected chi connectivity index (χ3v) is 12.0. The molecule has 0 N–H and O–H groups in total. The zero-order chi connectivity index (χ0) is 13.8. The van der Waals surface area contributed by atoms with Gasteiger partial charge in [0, 0.05) is 0 Å². The molecule has 0 amide bonds. The Bertz CT molecular complexity index is 575. The van der Waals surface area contributed by atoms with E-state index in [1.54, 1.807) is 0 Å².